The fourth-order valence-electron chi connectivity index (χ4n) is 2.61. The van der Waals surface area contributed by atoms with Crippen molar-refractivity contribution in [2.75, 3.05) is 6.79 Å². The summed E-state index contributed by atoms with van der Waals surface area (Å²) in [6.07, 6.45) is 2.76. The molecule has 1 N–H and O–H groups in total. The second-order valence-corrected chi connectivity index (χ2v) is 6.68. The molecule has 0 atom stereocenters. The number of thiazole rings is 1. The van der Waals surface area contributed by atoms with Gasteiger partial charge in [-0.1, -0.05) is 12.1 Å². The molecule has 1 aromatic carbocycles. The summed E-state index contributed by atoms with van der Waals surface area (Å²) < 4.78 is 10.6. The first-order valence-electron chi connectivity index (χ1n) is 8.29. The highest BCUT2D eigenvalue weighted by molar-refractivity contribution is 7.13. The van der Waals surface area contributed by atoms with Crippen molar-refractivity contribution in [3.8, 4) is 22.2 Å². The van der Waals surface area contributed by atoms with Crippen LogP contribution >= 0.6 is 11.3 Å². The van der Waals surface area contributed by atoms with Crippen LogP contribution < -0.4 is 14.8 Å². The summed E-state index contributed by atoms with van der Waals surface area (Å²) in [5.41, 5.74) is 2.75. The van der Waals surface area contributed by atoms with Gasteiger partial charge in [0, 0.05) is 24.5 Å². The summed E-state index contributed by atoms with van der Waals surface area (Å²) in [7, 11) is 0. The number of carbonyl (C=O) groups is 1. The van der Waals surface area contributed by atoms with E-state index in [1.807, 2.05) is 41.8 Å². The number of hydrogen-bond acceptors (Lipinski definition) is 6. The molecule has 26 heavy (non-hydrogen) atoms. The van der Waals surface area contributed by atoms with Crippen LogP contribution in [-0.2, 0) is 17.8 Å². The Hall–Kier alpha value is -2.93. The van der Waals surface area contributed by atoms with Crippen molar-refractivity contribution in [1.29, 1.82) is 0 Å². The van der Waals surface area contributed by atoms with E-state index in [0.29, 0.717) is 19.4 Å². The number of ether oxygens (including phenoxy) is 2. The van der Waals surface area contributed by atoms with Gasteiger partial charge in [0.1, 0.15) is 5.01 Å². The summed E-state index contributed by atoms with van der Waals surface area (Å²) in [5.74, 6) is 1.46. The van der Waals surface area contributed by atoms with Gasteiger partial charge in [-0.25, -0.2) is 4.98 Å². The van der Waals surface area contributed by atoms with E-state index in [9.17, 15) is 4.79 Å². The Balaban J connectivity index is 1.27. The van der Waals surface area contributed by atoms with Crippen molar-refractivity contribution >= 4 is 17.2 Å². The second-order valence-electron chi connectivity index (χ2n) is 5.82. The summed E-state index contributed by atoms with van der Waals surface area (Å²) in [6.45, 7) is 0.713. The lowest BCUT2D eigenvalue weighted by atomic mass is 10.2. The third-order valence-corrected chi connectivity index (χ3v) is 4.88. The molecule has 0 bridgehead atoms. The van der Waals surface area contributed by atoms with Gasteiger partial charge in [-0.3, -0.25) is 9.78 Å². The molecule has 1 amide bonds. The van der Waals surface area contributed by atoms with Gasteiger partial charge in [-0.05, 0) is 36.2 Å². The van der Waals surface area contributed by atoms with Crippen molar-refractivity contribution in [2.24, 2.45) is 0 Å². The molecule has 132 valence electrons. The van der Waals surface area contributed by atoms with Gasteiger partial charge in [-0.2, -0.15) is 0 Å². The fraction of sp³-hybridized carbons (Fsp3) is 0.211. The predicted molar refractivity (Wildman–Crippen MR) is 98.1 cm³/mol. The molecule has 0 saturated carbocycles. The van der Waals surface area contributed by atoms with Crippen LogP contribution in [0.2, 0.25) is 0 Å². The van der Waals surface area contributed by atoms with Crippen LogP contribution in [0.25, 0.3) is 10.7 Å². The number of hydrogen-bond donors (Lipinski definition) is 1. The Kier molecular flexibility index (Phi) is 4.79. The highest BCUT2D eigenvalue weighted by Crippen LogP contribution is 2.32. The number of fused-ring (bicyclic) bond motifs is 1. The maximum Gasteiger partial charge on any atom is 0.231 e. The molecule has 3 aromatic rings. The highest BCUT2D eigenvalue weighted by Gasteiger charge is 2.13. The Morgan fingerprint density at radius 1 is 1.19 bits per heavy atom. The van der Waals surface area contributed by atoms with Crippen molar-refractivity contribution < 1.29 is 14.3 Å². The number of nitrogens with zero attached hydrogens (tertiary/aromatic N) is 2. The normalized spacial score (nSPS) is 12.2. The summed E-state index contributed by atoms with van der Waals surface area (Å²) >= 11 is 1.54. The van der Waals surface area contributed by atoms with Gasteiger partial charge < -0.3 is 14.8 Å². The van der Waals surface area contributed by atoms with Gasteiger partial charge >= 0.3 is 0 Å². The molecule has 0 unspecified atom stereocenters. The number of aromatic nitrogens is 2. The molecular weight excluding hydrogens is 350 g/mol. The average molecular weight is 367 g/mol. The van der Waals surface area contributed by atoms with E-state index in [-0.39, 0.29) is 12.7 Å². The van der Waals surface area contributed by atoms with E-state index < -0.39 is 0 Å². The zero-order valence-corrected chi connectivity index (χ0v) is 14.8. The lowest BCUT2D eigenvalue weighted by molar-refractivity contribution is -0.121. The van der Waals surface area contributed by atoms with Crippen LogP contribution in [0.4, 0.5) is 0 Å². The predicted octanol–water partition coefficient (Wildman–Crippen LogP) is 3.18. The van der Waals surface area contributed by atoms with Gasteiger partial charge in [0.25, 0.3) is 0 Å². The molecule has 0 saturated heterocycles. The van der Waals surface area contributed by atoms with Crippen LogP contribution in [0, 0.1) is 0 Å². The lowest BCUT2D eigenvalue weighted by Crippen LogP contribution is -2.23. The molecule has 2 aromatic heterocycles. The quantitative estimate of drug-likeness (QED) is 0.724. The molecule has 7 heteroatoms. The molecule has 0 fully saturated rings. The second kappa shape index (κ2) is 7.53. The standard InChI is InChI=1S/C19H17N3O3S/c23-18(21-10-13-4-6-16-17(9-13)25-12-24-16)7-5-14-11-26-19(22-14)15-3-1-2-8-20-15/h1-4,6,8-9,11H,5,7,10,12H2,(H,21,23). The highest BCUT2D eigenvalue weighted by atomic mass is 32.1. The number of amides is 1. The number of rotatable bonds is 6. The van der Waals surface area contributed by atoms with Crippen LogP contribution in [-0.4, -0.2) is 22.7 Å². The number of carbonyl (C=O) groups excluding carboxylic acids is 1. The molecule has 0 radical (unpaired) electrons. The van der Waals surface area contributed by atoms with E-state index >= 15 is 0 Å². The molecule has 0 spiro atoms. The van der Waals surface area contributed by atoms with Crippen LogP contribution in [0.5, 0.6) is 11.5 Å². The number of nitrogens with one attached hydrogen (secondary N) is 1. The van der Waals surface area contributed by atoms with Crippen LogP contribution in [0.15, 0.2) is 48.0 Å². The van der Waals surface area contributed by atoms with E-state index in [2.05, 4.69) is 15.3 Å². The van der Waals surface area contributed by atoms with E-state index in [1.54, 1.807) is 17.5 Å². The van der Waals surface area contributed by atoms with Gasteiger partial charge in [0.05, 0.1) is 11.4 Å². The average Bonchev–Trinajstić information content (AvgIpc) is 3.34. The molecule has 0 aliphatic carbocycles. The first kappa shape index (κ1) is 16.5. The molecule has 1 aliphatic rings. The van der Waals surface area contributed by atoms with E-state index in [1.165, 1.54) is 0 Å². The Morgan fingerprint density at radius 3 is 3.00 bits per heavy atom. The van der Waals surface area contributed by atoms with Crippen molar-refractivity contribution in [3.05, 3.63) is 59.2 Å². The molecule has 1 aliphatic heterocycles. The van der Waals surface area contributed by atoms with Crippen LogP contribution in [0.3, 0.4) is 0 Å². The largest absolute Gasteiger partial charge is 0.454 e. The van der Waals surface area contributed by atoms with Crippen molar-refractivity contribution in [3.63, 3.8) is 0 Å². The van der Waals surface area contributed by atoms with Gasteiger partial charge in [0.15, 0.2) is 11.5 Å². The van der Waals surface area contributed by atoms with Crippen molar-refractivity contribution in [1.82, 2.24) is 15.3 Å². The first-order chi connectivity index (χ1) is 12.8. The SMILES string of the molecule is O=C(CCc1csc(-c2ccccn2)n1)NCc1ccc2c(c1)OCO2. The minimum absolute atomic E-state index is 0.00458. The summed E-state index contributed by atoms with van der Waals surface area (Å²) in [6, 6.07) is 11.4. The first-order valence-corrected chi connectivity index (χ1v) is 9.17. The van der Waals surface area contributed by atoms with Gasteiger partial charge in [-0.15, -0.1) is 11.3 Å². The Bertz CT molecular complexity index is 911. The molecule has 3 heterocycles. The molecular formula is C19H17N3O3S. The fourth-order valence-corrected chi connectivity index (χ4v) is 3.44. The van der Waals surface area contributed by atoms with E-state index in [0.717, 1.165) is 33.5 Å². The maximum atomic E-state index is 12.1. The molecule has 4 rings (SSSR count). The zero-order valence-electron chi connectivity index (χ0n) is 14.0. The van der Waals surface area contributed by atoms with Crippen LogP contribution in [0.1, 0.15) is 17.7 Å². The third-order valence-electron chi connectivity index (χ3n) is 3.97. The monoisotopic (exact) mass is 367 g/mol. The number of aryl methyl sites for hydroxylation is 1. The number of benzene rings is 1. The summed E-state index contributed by atoms with van der Waals surface area (Å²) in [4.78, 5) is 20.9. The van der Waals surface area contributed by atoms with Crippen molar-refractivity contribution in [2.45, 2.75) is 19.4 Å². The smallest absolute Gasteiger partial charge is 0.231 e. The maximum absolute atomic E-state index is 12.1. The summed E-state index contributed by atoms with van der Waals surface area (Å²) in [5, 5.41) is 5.78. The minimum atomic E-state index is -0.00458. The Labute approximate surface area is 154 Å². The minimum Gasteiger partial charge on any atom is -0.454 e. The zero-order chi connectivity index (χ0) is 17.8. The topological polar surface area (TPSA) is 73.3 Å². The van der Waals surface area contributed by atoms with Gasteiger partial charge in [0.2, 0.25) is 12.7 Å². The Morgan fingerprint density at radius 2 is 2.12 bits per heavy atom. The molecule has 6 nitrogen and oxygen atoms in total. The third kappa shape index (κ3) is 3.83. The van der Waals surface area contributed by atoms with E-state index in [4.69, 9.17) is 9.47 Å². The number of pyridine rings is 1. The lowest BCUT2D eigenvalue weighted by Gasteiger charge is -2.06.